The molecule has 0 aliphatic heterocycles. The Morgan fingerprint density at radius 1 is 0.833 bits per heavy atom. The fourth-order valence-electron chi connectivity index (χ4n) is 0. The molecule has 0 spiro atoms. The molecule has 0 unspecified atom stereocenters. The van der Waals surface area contributed by atoms with E-state index < -0.39 is 0 Å². The van der Waals surface area contributed by atoms with Gasteiger partial charge in [0, 0.05) is 51.2 Å². The van der Waals surface area contributed by atoms with Crippen molar-refractivity contribution < 1.29 is 17.1 Å². The minimum atomic E-state index is 0. The zero-order valence-corrected chi connectivity index (χ0v) is 6.99. The van der Waals surface area contributed by atoms with E-state index in [1.54, 1.807) is 0 Å². The summed E-state index contributed by atoms with van der Waals surface area (Å²) in [5.74, 6) is 0. The number of hydrogen-bond acceptors (Lipinski definition) is 0. The first-order valence-electron chi connectivity index (χ1n) is 0. The van der Waals surface area contributed by atoms with Crippen molar-refractivity contribution in [3.05, 3.63) is 0 Å². The molecule has 0 nitrogen and oxygen atoms in total. The second-order valence-corrected chi connectivity index (χ2v) is 0. The molecule has 0 bridgehead atoms. The molecule has 0 heterocycles. The van der Waals surface area contributed by atoms with Crippen LogP contribution in [0.15, 0.2) is 0 Å². The van der Waals surface area contributed by atoms with E-state index in [1.807, 2.05) is 0 Å². The van der Waals surface area contributed by atoms with Gasteiger partial charge in [0.1, 0.15) is 0 Å². The molecule has 0 atom stereocenters. The average Bonchev–Trinajstić information content (AvgIpc) is 0. The van der Waals surface area contributed by atoms with Gasteiger partial charge in [-0.05, 0) is 0 Å². The van der Waals surface area contributed by atoms with E-state index in [0.29, 0.717) is 0 Å². The van der Waals surface area contributed by atoms with Crippen molar-refractivity contribution in [2.24, 2.45) is 0 Å². The van der Waals surface area contributed by atoms with Crippen molar-refractivity contribution in [3.63, 3.8) is 0 Å². The Morgan fingerprint density at radius 3 is 0.833 bits per heavy atom. The molecular formula is H8CuGaInSSe2. The van der Waals surface area contributed by atoms with Gasteiger partial charge in [0.15, 0.2) is 0 Å². The van der Waals surface area contributed by atoms with Crippen molar-refractivity contribution in [2.75, 3.05) is 0 Å². The number of hydrogen-bond donors (Lipinski definition) is 0. The van der Waals surface area contributed by atoms with Crippen LogP contribution in [0.25, 0.3) is 0 Å². The van der Waals surface area contributed by atoms with Crippen LogP contribution in [0.4, 0.5) is 0 Å². The second-order valence-electron chi connectivity index (χ2n) is 0. The minimum Gasteiger partial charge on any atom is 0 e. The fraction of sp³-hybridized carbons (Fsp3) is 0. The van der Waals surface area contributed by atoms with Crippen molar-refractivity contribution in [1.82, 2.24) is 0 Å². The smallest absolute Gasteiger partial charge is 0 e. The molecular weight excluding hydrogens is 438 g/mol. The monoisotopic (exact) mass is 447 g/mol. The Labute approximate surface area is 108 Å². The Bertz CT molecular complexity index is 13.5. The summed E-state index contributed by atoms with van der Waals surface area (Å²) in [6, 6.07) is 0. The quantitative estimate of drug-likeness (QED) is 0.348. The van der Waals surface area contributed by atoms with Crippen LogP contribution in [0.5, 0.6) is 0 Å². The van der Waals surface area contributed by atoms with E-state index in [-0.39, 0.29) is 110 Å². The Hall–Kier alpha value is 3.41. The zero-order valence-electron chi connectivity index (χ0n) is 1.62. The molecule has 5 radical (unpaired) electrons. The van der Waals surface area contributed by atoms with E-state index in [1.165, 1.54) is 0 Å². The third-order valence-electron chi connectivity index (χ3n) is 0. The molecule has 0 aromatic rings. The van der Waals surface area contributed by atoms with Gasteiger partial charge in [-0.25, -0.2) is 0 Å². The van der Waals surface area contributed by atoms with Gasteiger partial charge in [-0.15, -0.1) is 0 Å². The Kier molecular flexibility index (Phi) is 378. The molecule has 0 rings (SSSR count). The van der Waals surface area contributed by atoms with Crippen LogP contribution in [0.3, 0.4) is 0 Å². The van der Waals surface area contributed by atoms with Crippen molar-refractivity contribution in [1.29, 1.82) is 0 Å². The summed E-state index contributed by atoms with van der Waals surface area (Å²) in [6.07, 6.45) is 0. The van der Waals surface area contributed by atoms with E-state index >= 15 is 0 Å². The molecule has 0 saturated heterocycles. The summed E-state index contributed by atoms with van der Waals surface area (Å²) in [5, 5.41) is 0. The minimum absolute atomic E-state index is 0. The van der Waals surface area contributed by atoms with E-state index in [9.17, 15) is 0 Å². The largest absolute Gasteiger partial charge is 0 e. The summed E-state index contributed by atoms with van der Waals surface area (Å²) in [7, 11) is 0. The maximum absolute atomic E-state index is 0. The van der Waals surface area contributed by atoms with Gasteiger partial charge < -0.3 is 0 Å². The standard InChI is InChI=1S/Cu.Ga.In.H2S.2Se.6H/h;;;1H2;;;;;;;;. The molecule has 6 heavy (non-hydrogen) atoms. The van der Waals surface area contributed by atoms with Crippen LogP contribution in [-0.4, -0.2) is 79.8 Å². The fourth-order valence-corrected chi connectivity index (χ4v) is 0. The Balaban J connectivity index is 0. The first-order valence-corrected chi connectivity index (χ1v) is 0. The first-order chi connectivity index (χ1) is 0. The normalized spacial score (nSPS) is 0. The molecule has 0 fully saturated rings. The van der Waals surface area contributed by atoms with Gasteiger partial charge >= 0.3 is 45.6 Å². The topological polar surface area (TPSA) is 0 Å². The van der Waals surface area contributed by atoms with Gasteiger partial charge in [0.2, 0.25) is 0 Å². The third-order valence-corrected chi connectivity index (χ3v) is 0. The van der Waals surface area contributed by atoms with Gasteiger partial charge in [0.25, 0.3) is 0 Å². The zero-order chi connectivity index (χ0) is 0. The van der Waals surface area contributed by atoms with Gasteiger partial charge in [-0.1, -0.05) is 0 Å². The number of rotatable bonds is 0. The SMILES string of the molecule is S.[Cu].[GaH3].[InH3].[Se].[Se]. The molecule has 0 N–H and O–H groups in total. The van der Waals surface area contributed by atoms with E-state index in [4.69, 9.17) is 0 Å². The van der Waals surface area contributed by atoms with Crippen molar-refractivity contribution in [3.8, 4) is 0 Å². The summed E-state index contributed by atoms with van der Waals surface area (Å²) in [6.45, 7) is 0. The molecule has 0 aromatic heterocycles. The average molecular weight is 446 g/mol. The maximum atomic E-state index is 0. The van der Waals surface area contributed by atoms with E-state index in [0.717, 1.165) is 0 Å². The summed E-state index contributed by atoms with van der Waals surface area (Å²) in [5.41, 5.74) is 0. The Morgan fingerprint density at radius 2 is 0.833 bits per heavy atom. The van der Waals surface area contributed by atoms with Crippen molar-refractivity contribution >= 4 is 93.3 Å². The predicted octanol–water partition coefficient (Wildman–Crippen LogP) is -3.02. The summed E-state index contributed by atoms with van der Waals surface area (Å²) >= 11 is 0. The predicted molar refractivity (Wildman–Crippen MR) is 41.8 cm³/mol. The molecule has 0 amide bonds. The molecule has 0 aromatic carbocycles. The molecule has 0 aliphatic rings. The van der Waals surface area contributed by atoms with Crippen LogP contribution in [0, 0.1) is 0 Å². The van der Waals surface area contributed by atoms with Crippen LogP contribution in [0.2, 0.25) is 0 Å². The first kappa shape index (κ1) is 57.2. The van der Waals surface area contributed by atoms with Gasteiger partial charge in [-0.3, -0.25) is 0 Å². The van der Waals surface area contributed by atoms with Crippen LogP contribution < -0.4 is 0 Å². The molecule has 43 valence electrons. The van der Waals surface area contributed by atoms with Crippen LogP contribution in [0.1, 0.15) is 0 Å². The summed E-state index contributed by atoms with van der Waals surface area (Å²) < 4.78 is 0. The third kappa shape index (κ3) is 26.2. The van der Waals surface area contributed by atoms with E-state index in [2.05, 4.69) is 0 Å². The van der Waals surface area contributed by atoms with Crippen LogP contribution in [-0.2, 0) is 17.1 Å². The van der Waals surface area contributed by atoms with Gasteiger partial charge in [-0.2, -0.15) is 13.5 Å². The maximum Gasteiger partial charge on any atom is 0 e. The van der Waals surface area contributed by atoms with Crippen molar-refractivity contribution in [2.45, 2.75) is 0 Å². The van der Waals surface area contributed by atoms with Gasteiger partial charge in [0.05, 0.1) is 0 Å². The molecule has 0 saturated carbocycles. The molecule has 6 heteroatoms. The van der Waals surface area contributed by atoms with Crippen LogP contribution >= 0.6 is 13.5 Å². The summed E-state index contributed by atoms with van der Waals surface area (Å²) in [4.78, 5) is 0. The molecule has 0 aliphatic carbocycles. The second kappa shape index (κ2) is 39.7.